The van der Waals surface area contributed by atoms with E-state index in [-0.39, 0.29) is 0 Å². The average Bonchev–Trinajstić information content (AvgIpc) is 3.42. The molecule has 0 bridgehead atoms. The Morgan fingerprint density at radius 1 is 1.00 bits per heavy atom. The highest BCUT2D eigenvalue weighted by atomic mass is 15.2. The molecule has 0 radical (unpaired) electrons. The molecule has 0 atom stereocenters. The number of imidazole rings is 1. The second-order valence-electron chi connectivity index (χ2n) is 7.20. The number of piperazine rings is 1. The third-order valence-corrected chi connectivity index (χ3v) is 5.36. The van der Waals surface area contributed by atoms with Crippen LogP contribution in [-0.2, 0) is 0 Å². The van der Waals surface area contributed by atoms with Gasteiger partial charge in [-0.1, -0.05) is 0 Å². The van der Waals surface area contributed by atoms with Gasteiger partial charge < -0.3 is 15.1 Å². The molecule has 1 saturated heterocycles. The van der Waals surface area contributed by atoms with E-state index in [2.05, 4.69) is 78.1 Å². The topological polar surface area (TPSA) is 64.5 Å². The van der Waals surface area contributed by atoms with Gasteiger partial charge in [-0.25, -0.2) is 4.98 Å². The van der Waals surface area contributed by atoms with Gasteiger partial charge in [-0.15, -0.1) is 0 Å². The summed E-state index contributed by atoms with van der Waals surface area (Å²) in [4.78, 5) is 9.35. The Hall–Kier alpha value is -3.32. The molecule has 0 aliphatic carbocycles. The zero-order valence-electron chi connectivity index (χ0n) is 15.8. The Bertz CT molecular complexity index is 1060. The third kappa shape index (κ3) is 3.10. The van der Waals surface area contributed by atoms with E-state index in [9.17, 15) is 0 Å². The SMILES string of the molecule is CN1CCN(c2ccc(Nc3ccc(-c4cn[nH]c4)n4ccnc34)cc2)CC1. The lowest BCUT2D eigenvalue weighted by molar-refractivity contribution is 0.313. The van der Waals surface area contributed by atoms with E-state index in [1.54, 1.807) is 0 Å². The summed E-state index contributed by atoms with van der Waals surface area (Å²) in [7, 11) is 2.18. The fraction of sp³-hybridized carbons (Fsp3) is 0.238. The molecule has 0 spiro atoms. The lowest BCUT2D eigenvalue weighted by atomic mass is 10.2. The summed E-state index contributed by atoms with van der Waals surface area (Å²) in [6.07, 6.45) is 7.50. The molecule has 4 aromatic rings. The number of nitrogens with one attached hydrogen (secondary N) is 2. The first-order valence-corrected chi connectivity index (χ1v) is 9.54. The first-order valence-electron chi connectivity index (χ1n) is 9.54. The fourth-order valence-corrected chi connectivity index (χ4v) is 3.71. The summed E-state index contributed by atoms with van der Waals surface area (Å²) < 4.78 is 2.08. The number of hydrogen-bond acceptors (Lipinski definition) is 5. The van der Waals surface area contributed by atoms with Crippen LogP contribution >= 0.6 is 0 Å². The zero-order chi connectivity index (χ0) is 18.9. The minimum atomic E-state index is 0.891. The number of benzene rings is 1. The van der Waals surface area contributed by atoms with Gasteiger partial charge in [0, 0.05) is 61.7 Å². The van der Waals surface area contributed by atoms with Gasteiger partial charge in [0.05, 0.1) is 17.6 Å². The van der Waals surface area contributed by atoms with Crippen molar-refractivity contribution in [2.24, 2.45) is 0 Å². The van der Waals surface area contributed by atoms with Crippen LogP contribution in [0.4, 0.5) is 17.1 Å². The van der Waals surface area contributed by atoms with Crippen molar-refractivity contribution in [3.8, 4) is 11.3 Å². The molecule has 5 rings (SSSR count). The van der Waals surface area contributed by atoms with Gasteiger partial charge in [-0.2, -0.15) is 5.10 Å². The molecule has 1 aromatic carbocycles. The van der Waals surface area contributed by atoms with Crippen LogP contribution in [0, 0.1) is 0 Å². The number of anilines is 3. The van der Waals surface area contributed by atoms with E-state index < -0.39 is 0 Å². The van der Waals surface area contributed by atoms with Crippen LogP contribution in [0.15, 0.2) is 61.2 Å². The maximum absolute atomic E-state index is 4.54. The summed E-state index contributed by atoms with van der Waals surface area (Å²) in [6.45, 7) is 4.38. The molecule has 1 aliphatic rings. The first kappa shape index (κ1) is 16.8. The van der Waals surface area contributed by atoms with Crippen molar-refractivity contribution in [2.45, 2.75) is 0 Å². The number of pyridine rings is 1. The number of rotatable bonds is 4. The van der Waals surface area contributed by atoms with Crippen molar-refractivity contribution in [1.29, 1.82) is 0 Å². The second kappa shape index (κ2) is 7.01. The highest BCUT2D eigenvalue weighted by molar-refractivity contribution is 5.78. The highest BCUT2D eigenvalue weighted by Crippen LogP contribution is 2.28. The molecule has 2 N–H and O–H groups in total. The fourth-order valence-electron chi connectivity index (χ4n) is 3.71. The molecule has 4 heterocycles. The second-order valence-corrected chi connectivity index (χ2v) is 7.20. The van der Waals surface area contributed by atoms with E-state index in [0.29, 0.717) is 0 Å². The van der Waals surface area contributed by atoms with Gasteiger partial charge in [0.25, 0.3) is 0 Å². The van der Waals surface area contributed by atoms with Gasteiger partial charge in [-0.05, 0) is 43.4 Å². The summed E-state index contributed by atoms with van der Waals surface area (Å²) in [5.41, 5.74) is 6.29. The van der Waals surface area contributed by atoms with Gasteiger partial charge in [0.2, 0.25) is 0 Å². The number of nitrogens with zero attached hydrogens (tertiary/aromatic N) is 5. The van der Waals surface area contributed by atoms with E-state index >= 15 is 0 Å². The molecule has 3 aromatic heterocycles. The van der Waals surface area contributed by atoms with Gasteiger partial charge in [-0.3, -0.25) is 9.50 Å². The maximum Gasteiger partial charge on any atom is 0.161 e. The Labute approximate surface area is 163 Å². The number of H-pyrrole nitrogens is 1. The summed E-state index contributed by atoms with van der Waals surface area (Å²) in [5, 5.41) is 10.4. The molecule has 0 saturated carbocycles. The smallest absolute Gasteiger partial charge is 0.161 e. The Morgan fingerprint density at radius 2 is 1.82 bits per heavy atom. The molecular weight excluding hydrogens is 350 g/mol. The van der Waals surface area contributed by atoms with Gasteiger partial charge in [0.15, 0.2) is 5.65 Å². The minimum Gasteiger partial charge on any atom is -0.369 e. The Morgan fingerprint density at radius 3 is 2.57 bits per heavy atom. The van der Waals surface area contributed by atoms with E-state index in [4.69, 9.17) is 0 Å². The van der Waals surface area contributed by atoms with Crippen LogP contribution in [0.3, 0.4) is 0 Å². The summed E-state index contributed by atoms with van der Waals surface area (Å²) in [5.74, 6) is 0. The Balaban J connectivity index is 1.38. The number of aromatic amines is 1. The van der Waals surface area contributed by atoms with Gasteiger partial charge in [0.1, 0.15) is 0 Å². The van der Waals surface area contributed by atoms with Crippen molar-refractivity contribution in [2.75, 3.05) is 43.4 Å². The van der Waals surface area contributed by atoms with Crippen molar-refractivity contribution in [1.82, 2.24) is 24.5 Å². The minimum absolute atomic E-state index is 0.891. The van der Waals surface area contributed by atoms with Crippen LogP contribution in [0.2, 0.25) is 0 Å². The first-order chi connectivity index (χ1) is 13.8. The van der Waals surface area contributed by atoms with Crippen LogP contribution in [-0.4, -0.2) is 57.7 Å². The number of likely N-dealkylation sites (N-methyl/N-ethyl adjacent to an activating group) is 1. The standard InChI is InChI=1S/C21H23N7/c1-26-10-12-27(13-11-26)18-4-2-17(3-5-18)25-19-6-7-20(16-14-23-24-15-16)28-9-8-22-21(19)28/h2-9,14-15,25H,10-13H2,1H3,(H,23,24). The predicted molar refractivity (Wildman–Crippen MR) is 112 cm³/mol. The lowest BCUT2D eigenvalue weighted by Gasteiger charge is -2.34. The summed E-state index contributed by atoms with van der Waals surface area (Å²) in [6, 6.07) is 12.8. The lowest BCUT2D eigenvalue weighted by Crippen LogP contribution is -2.44. The average molecular weight is 373 g/mol. The molecule has 1 aliphatic heterocycles. The molecule has 7 nitrogen and oxygen atoms in total. The molecule has 1 fully saturated rings. The molecule has 0 unspecified atom stereocenters. The molecule has 142 valence electrons. The highest BCUT2D eigenvalue weighted by Gasteiger charge is 2.14. The number of aromatic nitrogens is 4. The molecule has 7 heteroatoms. The largest absolute Gasteiger partial charge is 0.369 e. The van der Waals surface area contributed by atoms with Crippen LogP contribution in [0.1, 0.15) is 0 Å². The Kier molecular flexibility index (Phi) is 4.21. The number of hydrogen-bond donors (Lipinski definition) is 2. The molecule has 0 amide bonds. The third-order valence-electron chi connectivity index (χ3n) is 5.36. The molecule has 28 heavy (non-hydrogen) atoms. The van der Waals surface area contributed by atoms with Crippen molar-refractivity contribution < 1.29 is 0 Å². The molecular formula is C21H23N7. The normalized spacial score (nSPS) is 15.2. The number of fused-ring (bicyclic) bond motifs is 1. The van der Waals surface area contributed by atoms with E-state index in [1.165, 1.54) is 5.69 Å². The monoisotopic (exact) mass is 373 g/mol. The van der Waals surface area contributed by atoms with Gasteiger partial charge >= 0.3 is 0 Å². The quantitative estimate of drug-likeness (QED) is 0.575. The zero-order valence-corrected chi connectivity index (χ0v) is 15.8. The predicted octanol–water partition coefficient (Wildman–Crippen LogP) is 3.22. The van der Waals surface area contributed by atoms with Crippen LogP contribution in [0.5, 0.6) is 0 Å². The van der Waals surface area contributed by atoms with Crippen molar-refractivity contribution in [3.05, 3.63) is 61.2 Å². The van der Waals surface area contributed by atoms with Crippen LogP contribution < -0.4 is 10.2 Å². The van der Waals surface area contributed by atoms with E-state index in [1.807, 2.05) is 24.8 Å². The van der Waals surface area contributed by atoms with Crippen molar-refractivity contribution in [3.63, 3.8) is 0 Å². The van der Waals surface area contributed by atoms with Crippen molar-refractivity contribution >= 4 is 22.7 Å². The van der Waals surface area contributed by atoms with E-state index in [0.717, 1.165) is 54.5 Å². The van der Waals surface area contributed by atoms with Crippen LogP contribution in [0.25, 0.3) is 16.9 Å². The maximum atomic E-state index is 4.54. The summed E-state index contributed by atoms with van der Waals surface area (Å²) >= 11 is 0.